The number of hydrogen-bond acceptors (Lipinski definition) is 5. The van der Waals surface area contributed by atoms with Gasteiger partial charge in [0.1, 0.15) is 0 Å². The van der Waals surface area contributed by atoms with E-state index in [2.05, 4.69) is 15.5 Å². The van der Waals surface area contributed by atoms with E-state index in [1.165, 1.54) is 0 Å². The maximum Gasteiger partial charge on any atom is 0.361 e. The van der Waals surface area contributed by atoms with E-state index in [1.807, 2.05) is 20.8 Å². The molecule has 27 heavy (non-hydrogen) atoms. The molecule has 1 unspecified atom stereocenters. The number of ether oxygens (including phenoxy) is 1. The molecule has 2 rings (SSSR count). The lowest BCUT2D eigenvalue weighted by Gasteiger charge is -2.13. The van der Waals surface area contributed by atoms with Crippen molar-refractivity contribution < 1.29 is 14.3 Å². The summed E-state index contributed by atoms with van der Waals surface area (Å²) in [5, 5.41) is 11.9. The summed E-state index contributed by atoms with van der Waals surface area (Å²) in [6.45, 7) is 11.8. The molecular weight excluding hydrogens is 370 g/mol. The number of nitrogens with one attached hydrogen (secondary N) is 1. The van der Waals surface area contributed by atoms with Gasteiger partial charge in [-0.3, -0.25) is 14.2 Å². The SMILES string of the molecule is CCn1cc(NC(=O)C(C)Cn2nc(C)c(Cl)c2C)c(C(=O)OC(C)C)n1. The molecule has 2 aromatic heterocycles. The number of aryl methyl sites for hydroxylation is 2. The fourth-order valence-corrected chi connectivity index (χ4v) is 2.68. The van der Waals surface area contributed by atoms with E-state index >= 15 is 0 Å². The molecule has 0 spiro atoms. The van der Waals surface area contributed by atoms with Crippen LogP contribution in [0.25, 0.3) is 0 Å². The number of hydrogen-bond donors (Lipinski definition) is 1. The maximum atomic E-state index is 12.6. The molecule has 0 fully saturated rings. The average molecular weight is 396 g/mol. The van der Waals surface area contributed by atoms with Crippen molar-refractivity contribution >= 4 is 29.2 Å². The van der Waals surface area contributed by atoms with Crippen molar-refractivity contribution in [2.24, 2.45) is 5.92 Å². The highest BCUT2D eigenvalue weighted by atomic mass is 35.5. The van der Waals surface area contributed by atoms with Crippen LogP contribution in [0.1, 0.15) is 49.6 Å². The molecule has 0 radical (unpaired) electrons. The van der Waals surface area contributed by atoms with Crippen LogP contribution in [0.15, 0.2) is 6.20 Å². The topological polar surface area (TPSA) is 91.0 Å². The van der Waals surface area contributed by atoms with Crippen LogP contribution < -0.4 is 5.32 Å². The van der Waals surface area contributed by atoms with Crippen LogP contribution in [-0.2, 0) is 22.6 Å². The minimum absolute atomic E-state index is 0.0975. The summed E-state index contributed by atoms with van der Waals surface area (Å²) in [6.07, 6.45) is 1.35. The van der Waals surface area contributed by atoms with E-state index in [0.717, 1.165) is 11.4 Å². The lowest BCUT2D eigenvalue weighted by Crippen LogP contribution is -2.26. The summed E-state index contributed by atoms with van der Waals surface area (Å²) in [4.78, 5) is 24.9. The number of rotatable bonds is 7. The highest BCUT2D eigenvalue weighted by molar-refractivity contribution is 6.31. The number of carbonyl (C=O) groups is 2. The van der Waals surface area contributed by atoms with Crippen LogP contribution in [-0.4, -0.2) is 37.5 Å². The van der Waals surface area contributed by atoms with Crippen molar-refractivity contribution in [3.05, 3.63) is 28.3 Å². The number of aromatic nitrogens is 4. The van der Waals surface area contributed by atoms with Crippen molar-refractivity contribution in [2.45, 2.75) is 60.7 Å². The monoisotopic (exact) mass is 395 g/mol. The Morgan fingerprint density at radius 1 is 1.26 bits per heavy atom. The van der Waals surface area contributed by atoms with Crippen molar-refractivity contribution in [1.29, 1.82) is 0 Å². The van der Waals surface area contributed by atoms with Crippen molar-refractivity contribution in [3.63, 3.8) is 0 Å². The van der Waals surface area contributed by atoms with Crippen LogP contribution in [0.5, 0.6) is 0 Å². The third-order valence-electron chi connectivity index (χ3n) is 4.07. The Hall–Kier alpha value is -2.35. The first-order valence-electron chi connectivity index (χ1n) is 8.92. The minimum Gasteiger partial charge on any atom is -0.458 e. The predicted molar refractivity (Wildman–Crippen MR) is 103 cm³/mol. The predicted octanol–water partition coefficient (Wildman–Crippen LogP) is 3.21. The van der Waals surface area contributed by atoms with Gasteiger partial charge in [-0.2, -0.15) is 10.2 Å². The largest absolute Gasteiger partial charge is 0.458 e. The molecule has 0 aliphatic carbocycles. The Bertz CT molecular complexity index is 840. The molecule has 0 bridgehead atoms. The second-order valence-electron chi connectivity index (χ2n) is 6.76. The van der Waals surface area contributed by atoms with Gasteiger partial charge in [-0.05, 0) is 34.6 Å². The van der Waals surface area contributed by atoms with Crippen molar-refractivity contribution in [2.75, 3.05) is 5.32 Å². The normalized spacial score (nSPS) is 12.3. The van der Waals surface area contributed by atoms with E-state index in [-0.39, 0.29) is 17.7 Å². The summed E-state index contributed by atoms with van der Waals surface area (Å²) in [5.74, 6) is -1.20. The molecule has 0 aromatic carbocycles. The number of amides is 1. The fraction of sp³-hybridized carbons (Fsp3) is 0.556. The molecule has 148 valence electrons. The van der Waals surface area contributed by atoms with Crippen LogP contribution in [0, 0.1) is 19.8 Å². The van der Waals surface area contributed by atoms with Crippen LogP contribution in [0.4, 0.5) is 5.69 Å². The van der Waals surface area contributed by atoms with E-state index in [4.69, 9.17) is 16.3 Å². The molecule has 1 atom stereocenters. The smallest absolute Gasteiger partial charge is 0.361 e. The average Bonchev–Trinajstić information content (AvgIpc) is 3.11. The third kappa shape index (κ3) is 4.88. The zero-order chi connectivity index (χ0) is 20.3. The number of carbonyl (C=O) groups excluding carboxylic acids is 2. The Balaban J connectivity index is 2.15. The first-order chi connectivity index (χ1) is 12.6. The van der Waals surface area contributed by atoms with Crippen molar-refractivity contribution in [3.8, 4) is 0 Å². The van der Waals surface area contributed by atoms with E-state index in [9.17, 15) is 9.59 Å². The molecule has 1 N–H and O–H groups in total. The summed E-state index contributed by atoms with van der Waals surface area (Å²) >= 11 is 6.16. The number of esters is 1. The van der Waals surface area contributed by atoms with Gasteiger partial charge in [-0.1, -0.05) is 18.5 Å². The first kappa shape index (κ1) is 21.0. The van der Waals surface area contributed by atoms with Gasteiger partial charge < -0.3 is 10.1 Å². The summed E-state index contributed by atoms with van der Waals surface area (Å²) < 4.78 is 8.50. The van der Waals surface area contributed by atoms with E-state index in [0.29, 0.717) is 23.8 Å². The van der Waals surface area contributed by atoms with Crippen LogP contribution >= 0.6 is 11.6 Å². The van der Waals surface area contributed by atoms with Gasteiger partial charge in [0, 0.05) is 12.7 Å². The van der Waals surface area contributed by atoms with Crippen LogP contribution in [0.2, 0.25) is 5.02 Å². The fourth-order valence-electron chi connectivity index (χ4n) is 2.55. The number of anilines is 1. The second kappa shape index (κ2) is 8.56. The van der Waals surface area contributed by atoms with Gasteiger partial charge in [-0.25, -0.2) is 4.79 Å². The lowest BCUT2D eigenvalue weighted by atomic mass is 10.1. The lowest BCUT2D eigenvalue weighted by molar-refractivity contribution is -0.119. The maximum absolute atomic E-state index is 12.6. The molecule has 2 aromatic rings. The Kier molecular flexibility index (Phi) is 6.64. The molecule has 2 heterocycles. The van der Waals surface area contributed by atoms with E-state index < -0.39 is 11.9 Å². The number of nitrogens with zero attached hydrogens (tertiary/aromatic N) is 4. The standard InChI is InChI=1S/C18H26ClN5O3/c1-7-23-9-14(16(22-23)18(26)27-10(2)3)20-17(25)11(4)8-24-13(6)15(19)12(5)21-24/h9-11H,7-8H2,1-6H3,(H,20,25). The Morgan fingerprint density at radius 3 is 2.44 bits per heavy atom. The van der Waals surface area contributed by atoms with Crippen LogP contribution in [0.3, 0.4) is 0 Å². The van der Waals surface area contributed by atoms with Crippen molar-refractivity contribution in [1.82, 2.24) is 19.6 Å². The Labute approximate surface area is 163 Å². The zero-order valence-electron chi connectivity index (χ0n) is 16.5. The molecule has 0 aliphatic rings. The molecule has 8 nitrogen and oxygen atoms in total. The van der Waals surface area contributed by atoms with Gasteiger partial charge in [0.05, 0.1) is 40.7 Å². The van der Waals surface area contributed by atoms with Gasteiger partial charge in [0.2, 0.25) is 5.91 Å². The summed E-state index contributed by atoms with van der Waals surface area (Å²) in [5.41, 5.74) is 1.98. The molecule has 1 amide bonds. The molecule has 9 heteroatoms. The van der Waals surface area contributed by atoms with Gasteiger partial charge >= 0.3 is 5.97 Å². The van der Waals surface area contributed by atoms with Gasteiger partial charge in [-0.15, -0.1) is 0 Å². The minimum atomic E-state index is -0.564. The first-order valence-corrected chi connectivity index (χ1v) is 9.30. The molecule has 0 aliphatic heterocycles. The van der Waals surface area contributed by atoms with Gasteiger partial charge in [0.15, 0.2) is 5.69 Å². The molecule has 0 saturated heterocycles. The quantitative estimate of drug-likeness (QED) is 0.727. The highest BCUT2D eigenvalue weighted by Gasteiger charge is 2.23. The second-order valence-corrected chi connectivity index (χ2v) is 7.14. The third-order valence-corrected chi connectivity index (χ3v) is 4.61. The highest BCUT2D eigenvalue weighted by Crippen LogP contribution is 2.21. The summed E-state index contributed by atoms with van der Waals surface area (Å²) in [6, 6.07) is 0. The molecular formula is C18H26ClN5O3. The summed E-state index contributed by atoms with van der Waals surface area (Å²) in [7, 11) is 0. The van der Waals surface area contributed by atoms with E-state index in [1.54, 1.807) is 36.3 Å². The zero-order valence-corrected chi connectivity index (χ0v) is 17.3. The van der Waals surface area contributed by atoms with Gasteiger partial charge in [0.25, 0.3) is 0 Å². The number of halogens is 1. The Morgan fingerprint density at radius 2 is 1.93 bits per heavy atom. The molecule has 0 saturated carbocycles.